The van der Waals surface area contributed by atoms with E-state index in [1.165, 1.54) is 7.11 Å². The summed E-state index contributed by atoms with van der Waals surface area (Å²) in [5, 5.41) is 19.3. The van der Waals surface area contributed by atoms with Crippen LogP contribution in [0.5, 0.6) is 5.75 Å². The van der Waals surface area contributed by atoms with Gasteiger partial charge in [0.15, 0.2) is 11.6 Å². The number of carbonyl (C=O) groups is 1. The molecule has 0 radical (unpaired) electrons. The number of methoxy groups -OCH3 is 2. The number of hydrogen-bond donors (Lipinski definition) is 0. The molecule has 0 aliphatic heterocycles. The van der Waals surface area contributed by atoms with E-state index < -0.39 is 5.97 Å². The second-order valence-electron chi connectivity index (χ2n) is 8.83. The van der Waals surface area contributed by atoms with Gasteiger partial charge in [-0.3, -0.25) is 9.36 Å². The van der Waals surface area contributed by atoms with Crippen LogP contribution in [0.15, 0.2) is 61.3 Å². The summed E-state index contributed by atoms with van der Waals surface area (Å²) in [4.78, 5) is 12.6. The number of fused-ring (bicyclic) bond motifs is 1. The van der Waals surface area contributed by atoms with Crippen molar-refractivity contribution in [1.82, 2.24) is 34.3 Å². The van der Waals surface area contributed by atoms with Crippen molar-refractivity contribution in [2.45, 2.75) is 33.5 Å². The molecule has 5 rings (SSSR count). The summed E-state index contributed by atoms with van der Waals surface area (Å²) in [5.74, 6) is 1.61. The summed E-state index contributed by atoms with van der Waals surface area (Å²) in [5.41, 5.74) is 4.69. The third-order valence-corrected chi connectivity index (χ3v) is 6.41. The van der Waals surface area contributed by atoms with Crippen molar-refractivity contribution in [3.05, 3.63) is 78.1 Å². The lowest BCUT2D eigenvalue weighted by atomic mass is 10.0. The minimum atomic E-state index is -0.444. The Morgan fingerprint density at radius 1 is 1.05 bits per heavy atom. The summed E-state index contributed by atoms with van der Waals surface area (Å²) < 4.78 is 16.1. The number of aromatic nitrogens is 7. The van der Waals surface area contributed by atoms with Gasteiger partial charge < -0.3 is 14.0 Å². The van der Waals surface area contributed by atoms with E-state index in [2.05, 4.69) is 27.0 Å². The zero-order valence-corrected chi connectivity index (χ0v) is 21.9. The molecule has 0 aliphatic carbocycles. The largest absolute Gasteiger partial charge is 0.497 e. The van der Waals surface area contributed by atoms with Gasteiger partial charge in [-0.2, -0.15) is 10.2 Å². The molecule has 10 nitrogen and oxygen atoms in total. The van der Waals surface area contributed by atoms with Crippen molar-refractivity contribution in [3.63, 3.8) is 0 Å². The zero-order valence-electron chi connectivity index (χ0n) is 21.9. The van der Waals surface area contributed by atoms with Gasteiger partial charge in [0.25, 0.3) is 0 Å². The fourth-order valence-corrected chi connectivity index (χ4v) is 4.59. The first-order valence-electron chi connectivity index (χ1n) is 12.3. The Balaban J connectivity index is 1.76. The quantitative estimate of drug-likeness (QED) is 0.212. The highest BCUT2D eigenvalue weighted by Crippen LogP contribution is 2.33. The van der Waals surface area contributed by atoms with Gasteiger partial charge in [0.05, 0.1) is 50.3 Å². The predicted octanol–water partition coefficient (Wildman–Crippen LogP) is 4.52. The van der Waals surface area contributed by atoms with Crippen molar-refractivity contribution >= 4 is 16.9 Å². The van der Waals surface area contributed by atoms with Crippen molar-refractivity contribution in [2.75, 3.05) is 14.2 Å². The van der Waals surface area contributed by atoms with Crippen LogP contribution in [0.25, 0.3) is 33.8 Å². The van der Waals surface area contributed by atoms with E-state index in [0.717, 1.165) is 39.2 Å². The lowest BCUT2D eigenvalue weighted by Gasteiger charge is -2.13. The van der Waals surface area contributed by atoms with E-state index in [9.17, 15) is 4.79 Å². The zero-order chi connectivity index (χ0) is 26.8. The number of benzene rings is 2. The number of esters is 1. The highest BCUT2D eigenvalue weighted by atomic mass is 16.5. The maximum absolute atomic E-state index is 12.6. The molecule has 0 bridgehead atoms. The Morgan fingerprint density at radius 3 is 2.50 bits per heavy atom. The van der Waals surface area contributed by atoms with Crippen LogP contribution in [0.1, 0.15) is 28.5 Å². The third kappa shape index (κ3) is 4.45. The number of hydrogen-bond acceptors (Lipinski definition) is 7. The first-order chi connectivity index (χ1) is 18.5. The maximum atomic E-state index is 12.6. The molecule has 0 spiro atoms. The second kappa shape index (κ2) is 10.3. The van der Waals surface area contributed by atoms with E-state index in [0.29, 0.717) is 36.8 Å². The highest BCUT2D eigenvalue weighted by molar-refractivity contribution is 6.01. The fourth-order valence-electron chi connectivity index (χ4n) is 4.59. The van der Waals surface area contributed by atoms with E-state index in [4.69, 9.17) is 9.47 Å². The molecule has 10 heteroatoms. The molecule has 0 saturated heterocycles. The molecule has 0 atom stereocenters. The Hall–Kier alpha value is -4.73. The Kier molecular flexibility index (Phi) is 6.78. The van der Waals surface area contributed by atoms with Crippen LogP contribution < -0.4 is 4.74 Å². The average Bonchev–Trinajstić information content (AvgIpc) is 3.65. The van der Waals surface area contributed by atoms with Crippen LogP contribution >= 0.6 is 0 Å². The van der Waals surface area contributed by atoms with Gasteiger partial charge in [-0.05, 0) is 49.7 Å². The van der Waals surface area contributed by atoms with Gasteiger partial charge in [0, 0.05) is 17.5 Å². The SMILES string of the molecule is C=CCn1ncc2c(-c3nnc(-c4cc(C)nn4CC)n3Cc3ccc(OC)cc3)cc(C(=O)OC)cc21. The summed E-state index contributed by atoms with van der Waals surface area (Å²) >= 11 is 0. The van der Waals surface area contributed by atoms with E-state index >= 15 is 0 Å². The van der Waals surface area contributed by atoms with Crippen LogP contribution in [-0.2, 0) is 24.4 Å². The lowest BCUT2D eigenvalue weighted by Crippen LogP contribution is -2.09. The minimum Gasteiger partial charge on any atom is -0.497 e. The average molecular weight is 512 g/mol. The number of nitrogens with zero attached hydrogens (tertiary/aromatic N) is 7. The molecule has 0 amide bonds. The molecule has 0 N–H and O–H groups in total. The van der Waals surface area contributed by atoms with Crippen LogP contribution in [0, 0.1) is 6.92 Å². The van der Waals surface area contributed by atoms with E-state index in [1.807, 2.05) is 53.4 Å². The molecule has 0 unspecified atom stereocenters. The van der Waals surface area contributed by atoms with Gasteiger partial charge in [0.1, 0.15) is 11.4 Å². The van der Waals surface area contributed by atoms with Crippen molar-refractivity contribution in [3.8, 4) is 28.7 Å². The molecule has 3 heterocycles. The Bertz CT molecular complexity index is 1630. The van der Waals surface area contributed by atoms with Crippen molar-refractivity contribution in [2.24, 2.45) is 0 Å². The van der Waals surface area contributed by atoms with Gasteiger partial charge >= 0.3 is 5.97 Å². The minimum absolute atomic E-state index is 0.399. The van der Waals surface area contributed by atoms with Crippen LogP contribution in [0.4, 0.5) is 0 Å². The van der Waals surface area contributed by atoms with Crippen LogP contribution in [0.3, 0.4) is 0 Å². The topological polar surface area (TPSA) is 102 Å². The van der Waals surface area contributed by atoms with Crippen LogP contribution in [-0.4, -0.2) is 54.5 Å². The van der Waals surface area contributed by atoms with Gasteiger partial charge in [-0.25, -0.2) is 4.79 Å². The number of allylic oxidation sites excluding steroid dienone is 1. The Labute approximate surface area is 220 Å². The van der Waals surface area contributed by atoms with Crippen molar-refractivity contribution in [1.29, 1.82) is 0 Å². The van der Waals surface area contributed by atoms with Crippen molar-refractivity contribution < 1.29 is 14.3 Å². The molecule has 0 saturated carbocycles. The summed E-state index contributed by atoms with van der Waals surface area (Å²) in [6.45, 7) is 9.49. The van der Waals surface area contributed by atoms with Gasteiger partial charge in [0.2, 0.25) is 0 Å². The van der Waals surface area contributed by atoms with E-state index in [-0.39, 0.29) is 0 Å². The molecule has 3 aromatic heterocycles. The molecule has 5 aromatic rings. The standard InChI is InChI=1S/C28H29N7O3/c1-6-12-35-24-15-20(28(36)38-5)14-22(23(24)16-29-35)26-30-31-27(25-13-18(3)32-34(25)7-2)33(26)17-19-8-10-21(37-4)11-9-19/h6,8-11,13-16H,1,7,12,17H2,2-5H3. The maximum Gasteiger partial charge on any atom is 0.337 e. The molecular formula is C28H29N7O3. The fraction of sp³-hybridized carbons (Fsp3) is 0.250. The van der Waals surface area contributed by atoms with E-state index in [1.54, 1.807) is 36.2 Å². The molecule has 0 fully saturated rings. The number of carbonyl (C=O) groups excluding carboxylic acids is 1. The monoisotopic (exact) mass is 511 g/mol. The number of rotatable bonds is 9. The van der Waals surface area contributed by atoms with Gasteiger partial charge in [-0.1, -0.05) is 18.2 Å². The first-order valence-corrected chi connectivity index (χ1v) is 12.3. The summed E-state index contributed by atoms with van der Waals surface area (Å²) in [6.07, 6.45) is 3.54. The molecule has 0 aliphatic rings. The lowest BCUT2D eigenvalue weighted by molar-refractivity contribution is 0.0601. The van der Waals surface area contributed by atoms with Crippen LogP contribution in [0.2, 0.25) is 0 Å². The smallest absolute Gasteiger partial charge is 0.337 e. The number of aryl methyl sites for hydroxylation is 2. The summed E-state index contributed by atoms with van der Waals surface area (Å²) in [7, 11) is 3.01. The molecular weight excluding hydrogens is 482 g/mol. The van der Waals surface area contributed by atoms with Gasteiger partial charge in [-0.15, -0.1) is 16.8 Å². The molecule has 38 heavy (non-hydrogen) atoms. The molecule has 194 valence electrons. The normalized spacial score (nSPS) is 11.2. The second-order valence-corrected chi connectivity index (χ2v) is 8.83. The first kappa shape index (κ1) is 24.9. The highest BCUT2D eigenvalue weighted by Gasteiger charge is 2.23. The summed E-state index contributed by atoms with van der Waals surface area (Å²) in [6, 6.07) is 13.4. The number of ether oxygens (including phenoxy) is 2. The molecule has 2 aromatic carbocycles. The predicted molar refractivity (Wildman–Crippen MR) is 144 cm³/mol. The third-order valence-electron chi connectivity index (χ3n) is 6.41. The Morgan fingerprint density at radius 2 is 1.82 bits per heavy atom.